The van der Waals surface area contributed by atoms with Gasteiger partial charge in [-0.15, -0.1) is 0 Å². The minimum absolute atomic E-state index is 0.0491. The Morgan fingerprint density at radius 3 is 2.93 bits per heavy atom. The van der Waals surface area contributed by atoms with Crippen LogP contribution in [-0.2, 0) is 9.47 Å². The predicted octanol–water partition coefficient (Wildman–Crippen LogP) is 3.91. The Balaban J connectivity index is 1.81. The summed E-state index contributed by atoms with van der Waals surface area (Å²) in [6.07, 6.45) is 2.87. The highest BCUT2D eigenvalue weighted by atomic mass is 19.1. The van der Waals surface area contributed by atoms with Crippen LogP contribution < -0.4 is 10.5 Å². The van der Waals surface area contributed by atoms with E-state index in [4.69, 9.17) is 24.9 Å². The van der Waals surface area contributed by atoms with Crippen molar-refractivity contribution in [3.8, 4) is 5.75 Å². The quantitative estimate of drug-likeness (QED) is 0.652. The van der Waals surface area contributed by atoms with Crippen molar-refractivity contribution >= 4 is 11.0 Å². The van der Waals surface area contributed by atoms with E-state index in [1.807, 2.05) is 28.8 Å². The van der Waals surface area contributed by atoms with E-state index in [9.17, 15) is 4.39 Å². The molecule has 6 nitrogen and oxygen atoms in total. The monoisotopic (exact) mass is 385 g/mol. The fourth-order valence-corrected chi connectivity index (χ4v) is 3.67. The summed E-state index contributed by atoms with van der Waals surface area (Å²) in [4.78, 5) is 4.76. The summed E-state index contributed by atoms with van der Waals surface area (Å²) in [5.41, 5.74) is 8.91. The second kappa shape index (κ2) is 8.26. The molecule has 3 aromatic rings. The fourth-order valence-electron chi connectivity index (χ4n) is 3.67. The third-order valence-electron chi connectivity index (χ3n) is 4.98. The van der Waals surface area contributed by atoms with Gasteiger partial charge in [0.15, 0.2) is 6.79 Å². The first kappa shape index (κ1) is 18.9. The number of aromatic nitrogens is 2. The normalized spacial score (nSPS) is 18.3. The summed E-state index contributed by atoms with van der Waals surface area (Å²) < 4.78 is 32.7. The summed E-state index contributed by atoms with van der Waals surface area (Å²) in [6, 6.07) is 11.5. The molecule has 1 aliphatic heterocycles. The van der Waals surface area contributed by atoms with Gasteiger partial charge in [-0.25, -0.2) is 9.37 Å². The summed E-state index contributed by atoms with van der Waals surface area (Å²) in [7, 11) is 1.53. The number of halogens is 1. The minimum atomic E-state index is -0.680. The number of para-hydroxylation sites is 2. The van der Waals surface area contributed by atoms with Crippen LogP contribution in [-0.4, -0.2) is 30.1 Å². The van der Waals surface area contributed by atoms with Crippen LogP contribution in [0.25, 0.3) is 11.0 Å². The maximum atomic E-state index is 14.0. The van der Waals surface area contributed by atoms with Crippen LogP contribution >= 0.6 is 0 Å². The first-order valence-electron chi connectivity index (χ1n) is 9.44. The van der Waals surface area contributed by atoms with E-state index in [2.05, 4.69) is 0 Å². The van der Waals surface area contributed by atoms with Gasteiger partial charge in [-0.3, -0.25) is 4.57 Å². The Morgan fingerprint density at radius 1 is 1.29 bits per heavy atom. The molecule has 0 spiro atoms. The van der Waals surface area contributed by atoms with Gasteiger partial charge in [0.1, 0.15) is 23.6 Å². The zero-order chi connectivity index (χ0) is 19.5. The molecule has 0 aliphatic carbocycles. The molecule has 4 rings (SSSR count). The molecule has 1 fully saturated rings. The first-order valence-corrected chi connectivity index (χ1v) is 9.44. The van der Waals surface area contributed by atoms with Crippen molar-refractivity contribution in [3.63, 3.8) is 0 Å². The highest BCUT2D eigenvalue weighted by Crippen LogP contribution is 2.35. The van der Waals surface area contributed by atoms with Crippen molar-refractivity contribution in [2.24, 2.45) is 5.73 Å². The van der Waals surface area contributed by atoms with Crippen LogP contribution in [0.4, 0.5) is 4.39 Å². The smallest absolute Gasteiger partial charge is 0.188 e. The van der Waals surface area contributed by atoms with Gasteiger partial charge in [-0.2, -0.15) is 0 Å². The predicted molar refractivity (Wildman–Crippen MR) is 104 cm³/mol. The summed E-state index contributed by atoms with van der Waals surface area (Å²) >= 11 is 0. The number of benzene rings is 2. The van der Waals surface area contributed by atoms with Gasteiger partial charge in [0.2, 0.25) is 0 Å². The molecule has 148 valence electrons. The highest BCUT2D eigenvalue weighted by Gasteiger charge is 2.27. The standard InChI is InChI=1S/C21H24FN3O3/c1-26-13-28-18-10-9-14(22)12-15(18)20(23)21-24-16-6-2-3-7-17(16)25(21)19-8-4-5-11-27-19/h2-3,6-7,9-10,12,19-20H,4-5,8,11,13,23H2,1H3. The Hall–Kier alpha value is -2.48. The van der Waals surface area contributed by atoms with Gasteiger partial charge >= 0.3 is 0 Å². The largest absolute Gasteiger partial charge is 0.467 e. The second-order valence-electron chi connectivity index (χ2n) is 6.86. The zero-order valence-corrected chi connectivity index (χ0v) is 15.8. The van der Waals surface area contributed by atoms with Crippen LogP contribution in [0.5, 0.6) is 5.75 Å². The number of fused-ring (bicyclic) bond motifs is 1. The molecule has 1 aromatic heterocycles. The SMILES string of the molecule is COCOc1ccc(F)cc1C(N)c1nc2ccccc2n1C1CCCCO1. The number of hydrogen-bond acceptors (Lipinski definition) is 5. The molecular weight excluding hydrogens is 361 g/mol. The van der Waals surface area contributed by atoms with Crippen molar-refractivity contribution in [2.45, 2.75) is 31.5 Å². The molecule has 2 atom stereocenters. The Bertz CT molecular complexity index is 953. The third kappa shape index (κ3) is 3.61. The number of nitrogens with zero attached hydrogens (tertiary/aromatic N) is 2. The van der Waals surface area contributed by atoms with Crippen LogP contribution in [0, 0.1) is 5.82 Å². The summed E-state index contributed by atoms with van der Waals surface area (Å²) in [6.45, 7) is 0.752. The number of rotatable bonds is 6. The van der Waals surface area contributed by atoms with Gasteiger partial charge in [0.25, 0.3) is 0 Å². The molecule has 0 bridgehead atoms. The van der Waals surface area contributed by atoms with Crippen LogP contribution in [0.2, 0.25) is 0 Å². The average Bonchev–Trinajstić information content (AvgIpc) is 3.12. The summed E-state index contributed by atoms with van der Waals surface area (Å²) in [5.74, 6) is 0.715. The second-order valence-corrected chi connectivity index (χ2v) is 6.86. The number of ether oxygens (including phenoxy) is 3. The highest BCUT2D eigenvalue weighted by molar-refractivity contribution is 5.76. The lowest BCUT2D eigenvalue weighted by Gasteiger charge is -2.27. The van der Waals surface area contributed by atoms with E-state index >= 15 is 0 Å². The molecule has 1 saturated heterocycles. The van der Waals surface area contributed by atoms with Gasteiger partial charge in [-0.05, 0) is 49.6 Å². The van der Waals surface area contributed by atoms with E-state index in [-0.39, 0.29) is 18.8 Å². The lowest BCUT2D eigenvalue weighted by Crippen LogP contribution is -2.25. The van der Waals surface area contributed by atoms with Gasteiger partial charge < -0.3 is 19.9 Å². The van der Waals surface area contributed by atoms with E-state index in [0.717, 1.165) is 30.3 Å². The van der Waals surface area contributed by atoms with Crippen LogP contribution in [0.15, 0.2) is 42.5 Å². The van der Waals surface area contributed by atoms with Gasteiger partial charge in [0.05, 0.1) is 17.1 Å². The molecule has 0 radical (unpaired) electrons. The first-order chi connectivity index (χ1) is 13.7. The fraction of sp³-hybridized carbons (Fsp3) is 0.381. The Labute approximate surface area is 163 Å². The molecule has 2 heterocycles. The van der Waals surface area contributed by atoms with Crippen molar-refractivity contribution in [1.82, 2.24) is 9.55 Å². The third-order valence-corrected chi connectivity index (χ3v) is 4.98. The van der Waals surface area contributed by atoms with E-state index in [0.29, 0.717) is 23.7 Å². The number of imidazole rings is 1. The molecule has 2 unspecified atom stereocenters. The average molecular weight is 385 g/mol. The van der Waals surface area contributed by atoms with E-state index in [1.165, 1.54) is 19.2 Å². The molecule has 2 aromatic carbocycles. The molecule has 28 heavy (non-hydrogen) atoms. The zero-order valence-electron chi connectivity index (χ0n) is 15.8. The van der Waals surface area contributed by atoms with Crippen molar-refractivity contribution in [3.05, 3.63) is 59.7 Å². The number of methoxy groups -OCH3 is 1. The van der Waals surface area contributed by atoms with Crippen molar-refractivity contribution in [1.29, 1.82) is 0 Å². The molecule has 2 N–H and O–H groups in total. The van der Waals surface area contributed by atoms with E-state index in [1.54, 1.807) is 6.07 Å². The molecule has 0 saturated carbocycles. The number of nitrogens with two attached hydrogens (primary N) is 1. The maximum absolute atomic E-state index is 14.0. The minimum Gasteiger partial charge on any atom is -0.467 e. The summed E-state index contributed by atoms with van der Waals surface area (Å²) in [5, 5.41) is 0. The number of hydrogen-bond donors (Lipinski definition) is 1. The van der Waals surface area contributed by atoms with Crippen molar-refractivity contribution < 1.29 is 18.6 Å². The van der Waals surface area contributed by atoms with E-state index < -0.39 is 6.04 Å². The molecule has 7 heteroatoms. The molecular formula is C21H24FN3O3. The maximum Gasteiger partial charge on any atom is 0.188 e. The Kier molecular flexibility index (Phi) is 5.57. The molecule has 0 amide bonds. The lowest BCUT2D eigenvalue weighted by atomic mass is 10.0. The van der Waals surface area contributed by atoms with Crippen LogP contribution in [0.1, 0.15) is 42.9 Å². The van der Waals surface area contributed by atoms with Gasteiger partial charge in [0, 0.05) is 19.3 Å². The Morgan fingerprint density at radius 2 is 2.14 bits per heavy atom. The van der Waals surface area contributed by atoms with Crippen molar-refractivity contribution in [2.75, 3.05) is 20.5 Å². The van der Waals surface area contributed by atoms with Gasteiger partial charge in [-0.1, -0.05) is 12.1 Å². The lowest BCUT2D eigenvalue weighted by molar-refractivity contribution is -0.0313. The topological polar surface area (TPSA) is 71.5 Å². The molecule has 1 aliphatic rings. The van der Waals surface area contributed by atoms with Crippen LogP contribution in [0.3, 0.4) is 0 Å².